The Morgan fingerprint density at radius 2 is 1.71 bits per heavy atom. The monoisotopic (exact) mass is 298 g/mol. The van der Waals surface area contributed by atoms with Crippen LogP contribution in [0.3, 0.4) is 0 Å². The number of benzene rings is 2. The third kappa shape index (κ3) is 3.12. The molecule has 0 radical (unpaired) electrons. The van der Waals surface area contributed by atoms with Gasteiger partial charge in [-0.15, -0.1) is 0 Å². The molecule has 1 heterocycles. The van der Waals surface area contributed by atoms with E-state index in [1.807, 2.05) is 50.2 Å². The number of aliphatic hydroxyl groups is 1. The first-order valence-electron chi connectivity index (χ1n) is 6.93. The molecule has 1 aromatic heterocycles. The molecule has 21 heavy (non-hydrogen) atoms. The van der Waals surface area contributed by atoms with Gasteiger partial charge in [-0.2, -0.15) is 0 Å². The van der Waals surface area contributed by atoms with Gasteiger partial charge >= 0.3 is 0 Å². The second-order valence-electron chi connectivity index (χ2n) is 5.66. The number of hydrogen-bond donors (Lipinski definition) is 1. The summed E-state index contributed by atoms with van der Waals surface area (Å²) in [7, 11) is 0. The summed E-state index contributed by atoms with van der Waals surface area (Å²) in [6.07, 6.45) is 0. The fraction of sp³-hybridized carbons (Fsp3) is 0.235. The average molecular weight is 298 g/mol. The quantitative estimate of drug-likeness (QED) is 0.743. The molecule has 0 aliphatic carbocycles. The summed E-state index contributed by atoms with van der Waals surface area (Å²) in [5.74, 6) is 0.600. The maximum Gasteiger partial charge on any atom is 0.173 e. The summed E-state index contributed by atoms with van der Waals surface area (Å²) < 4.78 is 2.14. The van der Waals surface area contributed by atoms with Crippen LogP contribution in [0.5, 0.6) is 0 Å². The minimum absolute atomic E-state index is 0.600. The highest BCUT2D eigenvalue weighted by Crippen LogP contribution is 2.29. The third-order valence-electron chi connectivity index (χ3n) is 3.10. The van der Waals surface area contributed by atoms with Crippen LogP contribution in [0.4, 0.5) is 0 Å². The number of para-hydroxylation sites is 3. The lowest BCUT2D eigenvalue weighted by atomic mass is 10.2. The van der Waals surface area contributed by atoms with Crippen LogP contribution in [0.2, 0.25) is 0 Å². The molecule has 0 aliphatic rings. The number of rotatable bonds is 4. The zero-order valence-electron chi connectivity index (χ0n) is 12.2. The molecular weight excluding hydrogens is 280 g/mol. The Morgan fingerprint density at radius 1 is 1.05 bits per heavy atom. The summed E-state index contributed by atoms with van der Waals surface area (Å²) in [5, 5.41) is 10.9. The van der Waals surface area contributed by atoms with Gasteiger partial charge in [0.15, 0.2) is 5.16 Å². The van der Waals surface area contributed by atoms with Crippen molar-refractivity contribution in [1.29, 1.82) is 0 Å². The van der Waals surface area contributed by atoms with Gasteiger partial charge in [-0.25, -0.2) is 4.98 Å². The molecule has 3 aromatic rings. The van der Waals surface area contributed by atoms with E-state index in [0.29, 0.717) is 5.75 Å². The predicted octanol–water partition coefficient (Wildman–Crippen LogP) is 3.89. The molecule has 0 unspecified atom stereocenters. The molecule has 3 nitrogen and oxygen atoms in total. The van der Waals surface area contributed by atoms with E-state index in [0.717, 1.165) is 21.9 Å². The predicted molar refractivity (Wildman–Crippen MR) is 88.1 cm³/mol. The fourth-order valence-corrected chi connectivity index (χ4v) is 3.15. The molecule has 0 fully saturated rings. The topological polar surface area (TPSA) is 38.1 Å². The third-order valence-corrected chi connectivity index (χ3v) is 4.48. The summed E-state index contributed by atoms with van der Waals surface area (Å²) >= 11 is 1.58. The van der Waals surface area contributed by atoms with Crippen molar-refractivity contribution in [3.63, 3.8) is 0 Å². The number of nitrogens with zero attached hydrogens (tertiary/aromatic N) is 2. The molecule has 0 atom stereocenters. The number of aromatic nitrogens is 2. The van der Waals surface area contributed by atoms with E-state index in [1.54, 1.807) is 11.8 Å². The van der Waals surface area contributed by atoms with Gasteiger partial charge < -0.3 is 5.11 Å². The Bertz CT molecular complexity index is 744. The van der Waals surface area contributed by atoms with Gasteiger partial charge in [0.25, 0.3) is 0 Å². The molecule has 1 N–H and O–H groups in total. The van der Waals surface area contributed by atoms with Crippen LogP contribution in [0.1, 0.15) is 13.8 Å². The van der Waals surface area contributed by atoms with E-state index < -0.39 is 5.60 Å². The molecule has 0 spiro atoms. The van der Waals surface area contributed by atoms with Crippen molar-refractivity contribution in [1.82, 2.24) is 9.55 Å². The molecule has 0 bridgehead atoms. The Labute approximate surface area is 128 Å². The van der Waals surface area contributed by atoms with Crippen LogP contribution in [-0.2, 0) is 0 Å². The van der Waals surface area contributed by atoms with E-state index in [1.165, 1.54) is 0 Å². The molecule has 4 heteroatoms. The van der Waals surface area contributed by atoms with Crippen LogP contribution >= 0.6 is 11.8 Å². The molecule has 0 saturated carbocycles. The Balaban J connectivity index is 2.11. The summed E-state index contributed by atoms with van der Waals surface area (Å²) in [5.41, 5.74) is 2.43. The first-order chi connectivity index (χ1) is 10.0. The zero-order valence-corrected chi connectivity index (χ0v) is 13.0. The van der Waals surface area contributed by atoms with E-state index in [9.17, 15) is 5.11 Å². The Kier molecular flexibility index (Phi) is 3.74. The molecule has 108 valence electrons. The van der Waals surface area contributed by atoms with Gasteiger partial charge in [0.1, 0.15) is 0 Å². The number of fused-ring (bicyclic) bond motifs is 1. The van der Waals surface area contributed by atoms with Gasteiger partial charge in [-0.05, 0) is 38.1 Å². The lowest BCUT2D eigenvalue weighted by Crippen LogP contribution is -2.22. The van der Waals surface area contributed by atoms with Crippen molar-refractivity contribution in [2.75, 3.05) is 5.75 Å². The summed E-state index contributed by atoms with van der Waals surface area (Å²) in [6, 6.07) is 18.3. The number of thioether (sulfide) groups is 1. The van der Waals surface area contributed by atoms with Crippen molar-refractivity contribution in [3.8, 4) is 5.69 Å². The highest BCUT2D eigenvalue weighted by Gasteiger charge is 2.17. The van der Waals surface area contributed by atoms with E-state index >= 15 is 0 Å². The van der Waals surface area contributed by atoms with Gasteiger partial charge in [0.2, 0.25) is 0 Å². The Morgan fingerprint density at radius 3 is 2.43 bits per heavy atom. The van der Waals surface area contributed by atoms with Crippen molar-refractivity contribution in [2.45, 2.75) is 24.6 Å². The summed E-state index contributed by atoms with van der Waals surface area (Å²) in [6.45, 7) is 3.63. The Hall–Kier alpha value is -1.78. The molecular formula is C17H18N2OS. The SMILES string of the molecule is CC(C)(O)CSc1nc2ccccc2n1-c1ccccc1. The summed E-state index contributed by atoms with van der Waals surface area (Å²) in [4.78, 5) is 4.71. The second-order valence-corrected chi connectivity index (χ2v) is 6.60. The normalized spacial score (nSPS) is 12.0. The second kappa shape index (κ2) is 5.54. The van der Waals surface area contributed by atoms with E-state index in [4.69, 9.17) is 4.98 Å². The van der Waals surface area contributed by atoms with Crippen LogP contribution in [0, 0.1) is 0 Å². The first-order valence-corrected chi connectivity index (χ1v) is 7.91. The molecule has 0 aliphatic heterocycles. The maximum atomic E-state index is 9.96. The highest BCUT2D eigenvalue weighted by molar-refractivity contribution is 7.99. The molecule has 2 aromatic carbocycles. The molecule has 0 saturated heterocycles. The van der Waals surface area contributed by atoms with Gasteiger partial charge in [-0.1, -0.05) is 42.1 Å². The standard InChI is InChI=1S/C17H18N2OS/c1-17(2,20)12-21-16-18-14-10-6-7-11-15(14)19(16)13-8-4-3-5-9-13/h3-11,20H,12H2,1-2H3. The van der Waals surface area contributed by atoms with Crippen molar-refractivity contribution < 1.29 is 5.11 Å². The molecule has 0 amide bonds. The zero-order chi connectivity index (χ0) is 14.9. The maximum absolute atomic E-state index is 9.96. The van der Waals surface area contributed by atoms with Crippen LogP contribution in [0.25, 0.3) is 16.7 Å². The van der Waals surface area contributed by atoms with E-state index in [-0.39, 0.29) is 0 Å². The number of imidazole rings is 1. The van der Waals surface area contributed by atoms with Crippen LogP contribution in [-0.4, -0.2) is 26.0 Å². The smallest absolute Gasteiger partial charge is 0.173 e. The molecule has 3 rings (SSSR count). The van der Waals surface area contributed by atoms with Gasteiger partial charge in [-0.3, -0.25) is 4.57 Å². The van der Waals surface area contributed by atoms with Gasteiger partial charge in [0, 0.05) is 11.4 Å². The van der Waals surface area contributed by atoms with Crippen LogP contribution < -0.4 is 0 Å². The fourth-order valence-electron chi connectivity index (χ4n) is 2.17. The first kappa shape index (κ1) is 14.2. The van der Waals surface area contributed by atoms with Crippen LogP contribution in [0.15, 0.2) is 59.8 Å². The van der Waals surface area contributed by atoms with Gasteiger partial charge in [0.05, 0.1) is 16.6 Å². The average Bonchev–Trinajstić information content (AvgIpc) is 2.84. The number of hydrogen-bond acceptors (Lipinski definition) is 3. The van der Waals surface area contributed by atoms with Crippen molar-refractivity contribution >= 4 is 22.8 Å². The lowest BCUT2D eigenvalue weighted by molar-refractivity contribution is 0.107. The largest absolute Gasteiger partial charge is 0.390 e. The van der Waals surface area contributed by atoms with Crippen molar-refractivity contribution in [3.05, 3.63) is 54.6 Å². The van der Waals surface area contributed by atoms with E-state index in [2.05, 4.69) is 22.8 Å². The van der Waals surface area contributed by atoms with Crippen molar-refractivity contribution in [2.24, 2.45) is 0 Å². The minimum atomic E-state index is -0.718. The minimum Gasteiger partial charge on any atom is -0.390 e. The lowest BCUT2D eigenvalue weighted by Gasteiger charge is -2.16. The highest BCUT2D eigenvalue weighted by atomic mass is 32.2.